The van der Waals surface area contributed by atoms with E-state index in [0.29, 0.717) is 13.2 Å². The number of benzene rings is 1. The summed E-state index contributed by atoms with van der Waals surface area (Å²) in [5.41, 5.74) is 2.11. The minimum Gasteiger partial charge on any atom is -0.450 e. The first-order chi connectivity index (χ1) is 10.3. The van der Waals surface area contributed by atoms with Crippen LogP contribution in [0.4, 0.5) is 4.79 Å². The maximum absolute atomic E-state index is 11.4. The molecule has 0 aliphatic carbocycles. The van der Waals surface area contributed by atoms with E-state index in [4.69, 9.17) is 4.74 Å². The van der Waals surface area contributed by atoms with E-state index in [1.807, 2.05) is 23.6 Å². The van der Waals surface area contributed by atoms with E-state index in [1.54, 1.807) is 11.3 Å². The Hall–Kier alpha value is -1.88. The van der Waals surface area contributed by atoms with Gasteiger partial charge in [0.25, 0.3) is 0 Å². The molecule has 0 saturated carbocycles. The first-order valence-electron chi connectivity index (χ1n) is 7.15. The molecule has 0 spiro atoms. The molecule has 1 amide bonds. The largest absolute Gasteiger partial charge is 0.450 e. The number of thiazole rings is 1. The van der Waals surface area contributed by atoms with E-state index in [0.717, 1.165) is 30.0 Å². The maximum atomic E-state index is 11.4. The lowest BCUT2D eigenvalue weighted by molar-refractivity contribution is 0.144. The zero-order valence-corrected chi connectivity index (χ0v) is 13.0. The van der Waals surface area contributed by atoms with Gasteiger partial charge in [-0.05, 0) is 12.0 Å². The van der Waals surface area contributed by atoms with Crippen LogP contribution in [-0.4, -0.2) is 17.7 Å². The maximum Gasteiger partial charge on any atom is 0.407 e. The van der Waals surface area contributed by atoms with Gasteiger partial charge in [0, 0.05) is 11.8 Å². The molecule has 0 atom stereocenters. The molecular formula is C16H20N2O2S. The van der Waals surface area contributed by atoms with Gasteiger partial charge in [-0.15, -0.1) is 11.3 Å². The van der Waals surface area contributed by atoms with Crippen molar-refractivity contribution in [3.63, 3.8) is 0 Å². The fourth-order valence-electron chi connectivity index (χ4n) is 1.80. The second kappa shape index (κ2) is 8.42. The van der Waals surface area contributed by atoms with Crippen LogP contribution in [0.2, 0.25) is 0 Å². The predicted molar refractivity (Wildman–Crippen MR) is 84.5 cm³/mol. The highest BCUT2D eigenvalue weighted by atomic mass is 32.1. The molecular weight excluding hydrogens is 284 g/mol. The van der Waals surface area contributed by atoms with Gasteiger partial charge < -0.3 is 10.1 Å². The summed E-state index contributed by atoms with van der Waals surface area (Å²) >= 11 is 1.61. The third-order valence-corrected chi connectivity index (χ3v) is 3.84. The second-order valence-corrected chi connectivity index (χ2v) is 5.68. The summed E-state index contributed by atoms with van der Waals surface area (Å²) in [6.45, 7) is 2.94. The summed E-state index contributed by atoms with van der Waals surface area (Å²) in [6, 6.07) is 10.2. The Balaban J connectivity index is 1.77. The molecule has 1 heterocycles. The fourth-order valence-corrected chi connectivity index (χ4v) is 2.63. The Morgan fingerprint density at radius 3 is 2.90 bits per heavy atom. The van der Waals surface area contributed by atoms with Gasteiger partial charge in [0.2, 0.25) is 0 Å². The molecule has 2 aromatic rings. The van der Waals surface area contributed by atoms with Crippen LogP contribution < -0.4 is 5.32 Å². The summed E-state index contributed by atoms with van der Waals surface area (Å²) < 4.78 is 5.03. The van der Waals surface area contributed by atoms with E-state index in [9.17, 15) is 4.79 Å². The van der Waals surface area contributed by atoms with Gasteiger partial charge in [-0.2, -0.15) is 0 Å². The van der Waals surface area contributed by atoms with Gasteiger partial charge in [-0.1, -0.05) is 43.7 Å². The smallest absolute Gasteiger partial charge is 0.407 e. The van der Waals surface area contributed by atoms with Gasteiger partial charge in [-0.25, -0.2) is 9.78 Å². The number of nitrogens with one attached hydrogen (secondary N) is 1. The zero-order chi connectivity index (χ0) is 14.9. The average Bonchev–Trinajstić information content (AvgIpc) is 2.94. The highest BCUT2D eigenvalue weighted by molar-refractivity contribution is 7.09. The molecule has 2 rings (SSSR count). The van der Waals surface area contributed by atoms with Gasteiger partial charge in [0.05, 0.1) is 23.9 Å². The molecule has 112 valence electrons. The fraction of sp³-hybridized carbons (Fsp3) is 0.375. The van der Waals surface area contributed by atoms with Crippen LogP contribution in [-0.2, 0) is 17.7 Å². The van der Waals surface area contributed by atoms with Crippen LogP contribution in [0, 0.1) is 0 Å². The molecule has 0 bridgehead atoms. The van der Waals surface area contributed by atoms with E-state index < -0.39 is 0 Å². The monoisotopic (exact) mass is 304 g/mol. The zero-order valence-electron chi connectivity index (χ0n) is 12.2. The van der Waals surface area contributed by atoms with Crippen molar-refractivity contribution in [2.24, 2.45) is 0 Å². The van der Waals surface area contributed by atoms with E-state index in [2.05, 4.69) is 29.4 Å². The van der Waals surface area contributed by atoms with Gasteiger partial charge in [0.1, 0.15) is 0 Å². The normalized spacial score (nSPS) is 10.3. The first kappa shape index (κ1) is 15.5. The molecule has 1 N–H and O–H groups in total. The number of hydrogen-bond acceptors (Lipinski definition) is 4. The number of amides is 1. The Morgan fingerprint density at radius 2 is 2.14 bits per heavy atom. The van der Waals surface area contributed by atoms with Crippen molar-refractivity contribution < 1.29 is 9.53 Å². The minimum absolute atomic E-state index is 0.374. The molecule has 0 aliphatic rings. The number of unbranched alkanes of at least 4 members (excludes halogenated alkanes) is 1. The van der Waals surface area contributed by atoms with Crippen molar-refractivity contribution in [1.82, 2.24) is 10.3 Å². The topological polar surface area (TPSA) is 51.2 Å². The van der Waals surface area contributed by atoms with E-state index in [1.165, 1.54) is 5.56 Å². The molecule has 1 aromatic carbocycles. The van der Waals surface area contributed by atoms with E-state index >= 15 is 0 Å². The summed E-state index contributed by atoms with van der Waals surface area (Å²) in [7, 11) is 0. The molecule has 1 aromatic heterocycles. The third kappa shape index (κ3) is 5.55. The van der Waals surface area contributed by atoms with Crippen LogP contribution in [0.25, 0.3) is 0 Å². The Morgan fingerprint density at radius 1 is 1.33 bits per heavy atom. The summed E-state index contributed by atoms with van der Waals surface area (Å²) in [5, 5.41) is 5.75. The Kier molecular flexibility index (Phi) is 6.22. The van der Waals surface area contributed by atoms with Crippen LogP contribution in [0.5, 0.6) is 0 Å². The number of rotatable bonds is 7. The number of nitrogens with zero attached hydrogens (tertiary/aromatic N) is 1. The Labute approximate surface area is 129 Å². The number of carbonyl (C=O) groups is 1. The second-order valence-electron chi connectivity index (χ2n) is 4.74. The standard InChI is InChI=1S/C16H20N2O2S/c1-2-3-9-20-16(19)17-11-14-12-21-15(18-14)10-13-7-5-4-6-8-13/h4-8,12H,2-3,9-11H2,1H3,(H,17,19). The molecule has 0 radical (unpaired) electrons. The number of alkyl carbamates (subject to hydrolysis) is 1. The molecule has 4 nitrogen and oxygen atoms in total. The molecule has 5 heteroatoms. The van der Waals surface area contributed by atoms with Crippen molar-refractivity contribution in [2.45, 2.75) is 32.7 Å². The van der Waals surface area contributed by atoms with E-state index in [-0.39, 0.29) is 6.09 Å². The number of ether oxygens (including phenoxy) is 1. The third-order valence-electron chi connectivity index (χ3n) is 2.94. The van der Waals surface area contributed by atoms with Gasteiger partial charge in [-0.3, -0.25) is 0 Å². The lowest BCUT2D eigenvalue weighted by atomic mass is 10.2. The number of aromatic nitrogens is 1. The van der Waals surface area contributed by atoms with Crippen molar-refractivity contribution in [3.05, 3.63) is 52.0 Å². The molecule has 0 unspecified atom stereocenters. The summed E-state index contributed by atoms with van der Waals surface area (Å²) in [4.78, 5) is 16.0. The predicted octanol–water partition coefficient (Wildman–Crippen LogP) is 3.76. The van der Waals surface area contributed by atoms with Crippen LogP contribution in [0.3, 0.4) is 0 Å². The van der Waals surface area contributed by atoms with Crippen LogP contribution in [0.15, 0.2) is 35.7 Å². The van der Waals surface area contributed by atoms with Crippen molar-refractivity contribution in [2.75, 3.05) is 6.61 Å². The molecule has 0 fully saturated rings. The first-order valence-corrected chi connectivity index (χ1v) is 8.03. The lowest BCUT2D eigenvalue weighted by Crippen LogP contribution is -2.24. The van der Waals surface area contributed by atoms with Crippen LogP contribution in [0.1, 0.15) is 36.0 Å². The number of carbonyl (C=O) groups excluding carboxylic acids is 1. The summed E-state index contributed by atoms with van der Waals surface area (Å²) in [5.74, 6) is 0. The minimum atomic E-state index is -0.374. The highest BCUT2D eigenvalue weighted by Gasteiger charge is 2.06. The number of hydrogen-bond donors (Lipinski definition) is 1. The van der Waals surface area contributed by atoms with Crippen molar-refractivity contribution >= 4 is 17.4 Å². The average molecular weight is 304 g/mol. The quantitative estimate of drug-likeness (QED) is 0.792. The SMILES string of the molecule is CCCCOC(=O)NCc1csc(Cc2ccccc2)n1. The van der Waals surface area contributed by atoms with Crippen LogP contribution >= 0.6 is 11.3 Å². The molecule has 0 aliphatic heterocycles. The highest BCUT2D eigenvalue weighted by Crippen LogP contribution is 2.14. The van der Waals surface area contributed by atoms with Crippen molar-refractivity contribution in [3.8, 4) is 0 Å². The molecule has 21 heavy (non-hydrogen) atoms. The molecule has 0 saturated heterocycles. The van der Waals surface area contributed by atoms with Crippen molar-refractivity contribution in [1.29, 1.82) is 0 Å². The Bertz CT molecular complexity index is 554. The lowest BCUT2D eigenvalue weighted by Gasteiger charge is -2.04. The van der Waals surface area contributed by atoms with Gasteiger partial charge in [0.15, 0.2) is 0 Å². The van der Waals surface area contributed by atoms with Gasteiger partial charge >= 0.3 is 6.09 Å². The summed E-state index contributed by atoms with van der Waals surface area (Å²) in [6.07, 6.45) is 2.36.